The summed E-state index contributed by atoms with van der Waals surface area (Å²) >= 11 is 1.93. The largest absolute Gasteiger partial charge is 0.389 e. The molecule has 2 N–H and O–H groups in total. The van der Waals surface area contributed by atoms with Crippen LogP contribution >= 0.6 is 11.8 Å². The fourth-order valence-corrected chi connectivity index (χ4v) is 2.94. The van der Waals surface area contributed by atoms with Crippen molar-refractivity contribution in [1.29, 1.82) is 0 Å². The molecule has 0 amide bonds. The monoisotopic (exact) mass is 275 g/mol. The maximum absolute atomic E-state index is 9.86. The Balaban J connectivity index is 2.00. The first-order chi connectivity index (χ1) is 8.72. The molecule has 3 nitrogen and oxygen atoms in total. The second-order valence-electron chi connectivity index (χ2n) is 5.22. The first-order valence-corrected chi connectivity index (χ1v) is 8.48. The summed E-state index contributed by atoms with van der Waals surface area (Å²) in [5, 5.41) is 13.2. The molecule has 0 bridgehead atoms. The van der Waals surface area contributed by atoms with Crippen molar-refractivity contribution in [1.82, 2.24) is 5.32 Å². The maximum atomic E-state index is 9.86. The minimum Gasteiger partial charge on any atom is -0.389 e. The van der Waals surface area contributed by atoms with Gasteiger partial charge in [0.25, 0.3) is 0 Å². The number of thioether (sulfide) groups is 1. The van der Waals surface area contributed by atoms with E-state index in [4.69, 9.17) is 4.74 Å². The van der Waals surface area contributed by atoms with Gasteiger partial charge >= 0.3 is 0 Å². The first kappa shape index (κ1) is 16.3. The van der Waals surface area contributed by atoms with Crippen LogP contribution in [-0.4, -0.2) is 48.0 Å². The fraction of sp³-hybridized carbons (Fsp3) is 1.00. The van der Waals surface area contributed by atoms with E-state index >= 15 is 0 Å². The molecule has 2 unspecified atom stereocenters. The van der Waals surface area contributed by atoms with Crippen LogP contribution < -0.4 is 5.32 Å². The number of hydrogen-bond acceptors (Lipinski definition) is 4. The Morgan fingerprint density at radius 2 is 2.06 bits per heavy atom. The van der Waals surface area contributed by atoms with Crippen LogP contribution in [0.4, 0.5) is 0 Å². The molecular formula is C14H29NO2S. The number of ether oxygens (including phenoxy) is 1. The lowest BCUT2D eigenvalue weighted by Crippen LogP contribution is -2.38. The zero-order valence-electron chi connectivity index (χ0n) is 11.9. The molecule has 0 aromatic heterocycles. The van der Waals surface area contributed by atoms with E-state index in [1.807, 2.05) is 11.8 Å². The maximum Gasteiger partial charge on any atom is 0.0897 e. The molecule has 1 saturated carbocycles. The van der Waals surface area contributed by atoms with E-state index in [0.717, 1.165) is 11.5 Å². The average molecular weight is 275 g/mol. The second-order valence-corrected chi connectivity index (χ2v) is 6.53. The molecule has 1 aliphatic rings. The van der Waals surface area contributed by atoms with E-state index in [0.29, 0.717) is 25.3 Å². The van der Waals surface area contributed by atoms with E-state index < -0.39 is 0 Å². The van der Waals surface area contributed by atoms with Crippen molar-refractivity contribution in [3.8, 4) is 0 Å². The molecular weight excluding hydrogens is 246 g/mol. The first-order valence-electron chi connectivity index (χ1n) is 7.33. The zero-order valence-corrected chi connectivity index (χ0v) is 12.7. The van der Waals surface area contributed by atoms with Gasteiger partial charge in [-0.1, -0.05) is 26.2 Å². The van der Waals surface area contributed by atoms with Gasteiger partial charge in [-0.15, -0.1) is 0 Å². The molecule has 0 aliphatic heterocycles. The van der Waals surface area contributed by atoms with Crippen LogP contribution in [0, 0.1) is 0 Å². The average Bonchev–Trinajstić information content (AvgIpc) is 2.41. The molecule has 2 atom stereocenters. The number of hydrogen-bond donors (Lipinski definition) is 2. The predicted molar refractivity (Wildman–Crippen MR) is 79.3 cm³/mol. The summed E-state index contributed by atoms with van der Waals surface area (Å²) in [6, 6.07) is 0.458. The van der Waals surface area contributed by atoms with Crippen molar-refractivity contribution < 1.29 is 9.84 Å². The van der Waals surface area contributed by atoms with Gasteiger partial charge in [0.1, 0.15) is 0 Å². The van der Waals surface area contributed by atoms with Crippen molar-refractivity contribution in [2.24, 2.45) is 0 Å². The molecule has 1 rings (SSSR count). The van der Waals surface area contributed by atoms with E-state index in [9.17, 15) is 5.11 Å². The molecule has 18 heavy (non-hydrogen) atoms. The quantitative estimate of drug-likeness (QED) is 0.678. The van der Waals surface area contributed by atoms with Crippen molar-refractivity contribution in [2.75, 3.05) is 24.7 Å². The standard InChI is InChI=1S/C14H29NO2S/c1-3-18-11-12(2)15-9-13(16)10-17-14-7-5-4-6-8-14/h12-16H,3-11H2,1-2H3. The highest BCUT2D eigenvalue weighted by Crippen LogP contribution is 2.20. The van der Waals surface area contributed by atoms with Gasteiger partial charge in [0.2, 0.25) is 0 Å². The van der Waals surface area contributed by atoms with E-state index in [2.05, 4.69) is 19.2 Å². The van der Waals surface area contributed by atoms with Gasteiger partial charge in [0.05, 0.1) is 18.8 Å². The Labute approximate surface area is 116 Å². The summed E-state index contributed by atoms with van der Waals surface area (Å²) in [6.07, 6.45) is 6.26. The smallest absolute Gasteiger partial charge is 0.0897 e. The SMILES string of the molecule is CCSCC(C)NCC(O)COC1CCCCC1. The Hall–Kier alpha value is 0.230. The fourth-order valence-electron chi connectivity index (χ4n) is 2.23. The summed E-state index contributed by atoms with van der Waals surface area (Å²) in [5.74, 6) is 2.26. The Morgan fingerprint density at radius 3 is 2.72 bits per heavy atom. The van der Waals surface area contributed by atoms with Crippen LogP contribution in [0.1, 0.15) is 46.0 Å². The normalized spacial score (nSPS) is 20.8. The Bertz CT molecular complexity index is 198. The highest BCUT2D eigenvalue weighted by Gasteiger charge is 2.15. The Morgan fingerprint density at radius 1 is 1.33 bits per heavy atom. The van der Waals surface area contributed by atoms with Crippen LogP contribution in [0.3, 0.4) is 0 Å². The van der Waals surface area contributed by atoms with Gasteiger partial charge in [-0.3, -0.25) is 0 Å². The van der Waals surface area contributed by atoms with Gasteiger partial charge < -0.3 is 15.2 Å². The molecule has 1 fully saturated rings. The van der Waals surface area contributed by atoms with Crippen molar-refractivity contribution in [2.45, 2.75) is 64.2 Å². The van der Waals surface area contributed by atoms with Gasteiger partial charge in [0, 0.05) is 18.3 Å². The third-order valence-corrected chi connectivity index (χ3v) is 4.49. The lowest BCUT2D eigenvalue weighted by atomic mass is 9.98. The van der Waals surface area contributed by atoms with Gasteiger partial charge in [-0.05, 0) is 25.5 Å². The Kier molecular flexibility index (Phi) is 9.11. The topological polar surface area (TPSA) is 41.5 Å². The van der Waals surface area contributed by atoms with Crippen molar-refractivity contribution in [3.63, 3.8) is 0 Å². The molecule has 4 heteroatoms. The number of aliphatic hydroxyl groups excluding tert-OH is 1. The summed E-state index contributed by atoms with van der Waals surface area (Å²) in [7, 11) is 0. The number of aliphatic hydroxyl groups is 1. The highest BCUT2D eigenvalue weighted by molar-refractivity contribution is 7.99. The molecule has 0 saturated heterocycles. The summed E-state index contributed by atoms with van der Waals surface area (Å²) < 4.78 is 5.76. The van der Waals surface area contributed by atoms with Crippen LogP contribution in [0.2, 0.25) is 0 Å². The number of nitrogens with one attached hydrogen (secondary N) is 1. The van der Waals surface area contributed by atoms with Crippen LogP contribution in [-0.2, 0) is 4.74 Å². The molecule has 0 radical (unpaired) electrons. The zero-order chi connectivity index (χ0) is 13.2. The summed E-state index contributed by atoms with van der Waals surface area (Å²) in [5.41, 5.74) is 0. The van der Waals surface area contributed by atoms with E-state index in [1.54, 1.807) is 0 Å². The molecule has 0 aromatic carbocycles. The van der Waals surface area contributed by atoms with Crippen LogP contribution in [0.25, 0.3) is 0 Å². The lowest BCUT2D eigenvalue weighted by molar-refractivity contribution is -0.0233. The minimum absolute atomic E-state index is 0.374. The molecule has 1 aliphatic carbocycles. The molecule has 0 heterocycles. The summed E-state index contributed by atoms with van der Waals surface area (Å²) in [6.45, 7) is 5.45. The minimum atomic E-state index is -0.374. The third-order valence-electron chi connectivity index (χ3n) is 3.35. The van der Waals surface area contributed by atoms with Crippen molar-refractivity contribution >= 4 is 11.8 Å². The molecule has 0 spiro atoms. The van der Waals surface area contributed by atoms with Crippen LogP contribution in [0.15, 0.2) is 0 Å². The van der Waals surface area contributed by atoms with E-state index in [1.165, 1.54) is 32.1 Å². The predicted octanol–water partition coefficient (Wildman–Crippen LogP) is 2.43. The van der Waals surface area contributed by atoms with E-state index in [-0.39, 0.29) is 6.10 Å². The number of rotatable bonds is 9. The highest BCUT2D eigenvalue weighted by atomic mass is 32.2. The second kappa shape index (κ2) is 10.1. The van der Waals surface area contributed by atoms with Gasteiger partial charge in [-0.25, -0.2) is 0 Å². The van der Waals surface area contributed by atoms with Gasteiger partial charge in [0.15, 0.2) is 0 Å². The third kappa shape index (κ3) is 7.62. The van der Waals surface area contributed by atoms with Gasteiger partial charge in [-0.2, -0.15) is 11.8 Å². The van der Waals surface area contributed by atoms with Crippen LogP contribution in [0.5, 0.6) is 0 Å². The lowest BCUT2D eigenvalue weighted by Gasteiger charge is -2.24. The molecule has 108 valence electrons. The molecule has 0 aromatic rings. The van der Waals surface area contributed by atoms with Crippen molar-refractivity contribution in [3.05, 3.63) is 0 Å². The summed E-state index contributed by atoms with van der Waals surface area (Å²) in [4.78, 5) is 0.